The lowest BCUT2D eigenvalue weighted by atomic mass is 9.99. The molecule has 6 nitrogen and oxygen atoms in total. The fourth-order valence-corrected chi connectivity index (χ4v) is 5.84. The van der Waals surface area contributed by atoms with Gasteiger partial charge in [0.05, 0.1) is 23.6 Å². The highest BCUT2D eigenvalue weighted by Crippen LogP contribution is 2.36. The summed E-state index contributed by atoms with van der Waals surface area (Å²) in [6.07, 6.45) is 3.33. The average molecular weight is 602 g/mol. The van der Waals surface area contributed by atoms with Crippen LogP contribution in [0.2, 0.25) is 0 Å². The number of aromatic nitrogens is 1. The summed E-state index contributed by atoms with van der Waals surface area (Å²) >= 11 is 2.79. The molecule has 0 aliphatic carbocycles. The van der Waals surface area contributed by atoms with Crippen LogP contribution in [0.5, 0.6) is 5.75 Å². The molecule has 0 aliphatic heterocycles. The molecule has 5 rings (SSSR count). The van der Waals surface area contributed by atoms with E-state index in [-0.39, 0.29) is 11.7 Å². The van der Waals surface area contributed by atoms with Crippen LogP contribution in [-0.4, -0.2) is 29.0 Å². The van der Waals surface area contributed by atoms with E-state index < -0.39 is 5.25 Å². The minimum atomic E-state index is -0.565. The summed E-state index contributed by atoms with van der Waals surface area (Å²) in [5.41, 5.74) is 4.67. The number of carbonyl (C=O) groups is 2. The molecule has 0 spiro atoms. The summed E-state index contributed by atoms with van der Waals surface area (Å²) in [6.45, 7) is 1.78. The van der Waals surface area contributed by atoms with Crippen LogP contribution in [0.1, 0.15) is 27.7 Å². The van der Waals surface area contributed by atoms with Crippen LogP contribution in [0.25, 0.3) is 28.5 Å². The van der Waals surface area contributed by atoms with Crippen molar-refractivity contribution in [1.29, 1.82) is 5.26 Å². The lowest BCUT2D eigenvalue weighted by Gasteiger charge is -2.16. The van der Waals surface area contributed by atoms with E-state index in [4.69, 9.17) is 9.72 Å². The predicted molar refractivity (Wildman–Crippen MR) is 174 cm³/mol. The van der Waals surface area contributed by atoms with Gasteiger partial charge < -0.3 is 10.1 Å². The number of thioether (sulfide) groups is 1. The summed E-state index contributed by atoms with van der Waals surface area (Å²) in [4.78, 5) is 31.6. The maximum absolute atomic E-state index is 13.2. The first-order valence-electron chi connectivity index (χ1n) is 13.4. The van der Waals surface area contributed by atoms with Crippen molar-refractivity contribution in [1.82, 2.24) is 4.98 Å². The molecule has 212 valence electrons. The zero-order chi connectivity index (χ0) is 30.2. The Kier molecular flexibility index (Phi) is 9.47. The molecule has 0 bridgehead atoms. The number of nitrogens with one attached hydrogen (secondary N) is 1. The third-order valence-corrected chi connectivity index (χ3v) is 8.53. The Hall–Kier alpha value is -4.97. The van der Waals surface area contributed by atoms with Gasteiger partial charge in [-0.25, -0.2) is 4.98 Å². The van der Waals surface area contributed by atoms with E-state index in [1.54, 1.807) is 61.8 Å². The number of allylic oxidation sites excluding steroid dienone is 1. The first kappa shape index (κ1) is 29.5. The molecule has 5 aromatic rings. The molecule has 3 aromatic carbocycles. The lowest BCUT2D eigenvalue weighted by Crippen LogP contribution is -2.22. The molecule has 0 radical (unpaired) electrons. The number of anilines is 1. The quantitative estimate of drug-likeness (QED) is 0.0982. The largest absolute Gasteiger partial charge is 0.497 e. The van der Waals surface area contributed by atoms with Crippen LogP contribution < -0.4 is 10.1 Å². The highest BCUT2D eigenvalue weighted by molar-refractivity contribution is 8.00. The van der Waals surface area contributed by atoms with Crippen LogP contribution in [0.4, 0.5) is 5.69 Å². The Balaban J connectivity index is 1.36. The van der Waals surface area contributed by atoms with Gasteiger partial charge in [0.2, 0.25) is 5.91 Å². The van der Waals surface area contributed by atoms with Gasteiger partial charge in [-0.1, -0.05) is 60.3 Å². The zero-order valence-electron chi connectivity index (χ0n) is 23.5. The van der Waals surface area contributed by atoms with E-state index in [0.29, 0.717) is 33.3 Å². The highest BCUT2D eigenvalue weighted by Gasteiger charge is 2.22. The van der Waals surface area contributed by atoms with Gasteiger partial charge >= 0.3 is 0 Å². The number of benzene rings is 3. The number of nitrogens with zero attached hydrogens (tertiary/aromatic N) is 2. The summed E-state index contributed by atoms with van der Waals surface area (Å²) in [6, 6.07) is 32.1. The van der Waals surface area contributed by atoms with Crippen LogP contribution in [0.3, 0.4) is 0 Å². The van der Waals surface area contributed by atoms with Crippen molar-refractivity contribution in [3.8, 4) is 34.2 Å². The number of thiophene rings is 1. The number of amides is 1. The van der Waals surface area contributed by atoms with Gasteiger partial charge in [0.25, 0.3) is 0 Å². The molecule has 0 fully saturated rings. The van der Waals surface area contributed by atoms with E-state index in [1.807, 2.05) is 78.2 Å². The van der Waals surface area contributed by atoms with Gasteiger partial charge in [0.15, 0.2) is 5.78 Å². The van der Waals surface area contributed by atoms with Crippen molar-refractivity contribution >= 4 is 46.6 Å². The van der Waals surface area contributed by atoms with E-state index in [9.17, 15) is 14.9 Å². The Morgan fingerprint density at radius 1 is 0.977 bits per heavy atom. The van der Waals surface area contributed by atoms with Gasteiger partial charge in [0, 0.05) is 27.3 Å². The third-order valence-electron chi connectivity index (χ3n) is 6.61. The van der Waals surface area contributed by atoms with E-state index >= 15 is 0 Å². The number of ether oxygens (including phenoxy) is 1. The normalized spacial score (nSPS) is 11.6. The molecule has 8 heteroatoms. The third kappa shape index (κ3) is 7.28. The van der Waals surface area contributed by atoms with E-state index in [2.05, 4.69) is 11.4 Å². The molecule has 43 heavy (non-hydrogen) atoms. The van der Waals surface area contributed by atoms with Gasteiger partial charge in [0.1, 0.15) is 16.8 Å². The summed E-state index contributed by atoms with van der Waals surface area (Å²) in [5.74, 6) is 0.353. The van der Waals surface area contributed by atoms with Gasteiger partial charge in [-0.2, -0.15) is 5.26 Å². The molecule has 1 atom stereocenters. The topological polar surface area (TPSA) is 92.1 Å². The summed E-state index contributed by atoms with van der Waals surface area (Å²) in [5, 5.41) is 15.0. The van der Waals surface area contributed by atoms with Crippen molar-refractivity contribution in [2.75, 3.05) is 12.4 Å². The van der Waals surface area contributed by atoms with Crippen molar-refractivity contribution in [2.24, 2.45) is 0 Å². The monoisotopic (exact) mass is 601 g/mol. The smallest absolute Gasteiger partial charge is 0.237 e. The van der Waals surface area contributed by atoms with Crippen molar-refractivity contribution < 1.29 is 14.3 Å². The van der Waals surface area contributed by atoms with Gasteiger partial charge in [-0.05, 0) is 78.6 Å². The Bertz CT molecular complexity index is 1790. The van der Waals surface area contributed by atoms with Crippen LogP contribution in [0, 0.1) is 11.3 Å². The fourth-order valence-electron chi connectivity index (χ4n) is 4.29. The maximum Gasteiger partial charge on any atom is 0.237 e. The Morgan fingerprint density at radius 2 is 1.72 bits per heavy atom. The standard InChI is InChI=1S/C35H27N3O3S2/c1-23(34(40)37-27-14-10-26(11-15-27)33(39)19-18-29-9-6-20-42-29)43-35-31(22-36)30(24-12-16-28(41-2)17-13-24)21-32(38-35)25-7-4-3-5-8-25/h3-21,23H,1-2H3,(H,37,40)/b19-18+. The van der Waals surface area contributed by atoms with Gasteiger partial charge in [-0.3, -0.25) is 9.59 Å². The highest BCUT2D eigenvalue weighted by atomic mass is 32.2. The molecule has 1 amide bonds. The second-order valence-electron chi connectivity index (χ2n) is 9.48. The molecular formula is C35H27N3O3S2. The number of pyridine rings is 1. The van der Waals surface area contributed by atoms with E-state index in [1.165, 1.54) is 11.8 Å². The number of hydrogen-bond acceptors (Lipinski definition) is 7. The average Bonchev–Trinajstić information content (AvgIpc) is 3.58. The Labute approximate surface area is 258 Å². The SMILES string of the molecule is COc1ccc(-c2cc(-c3ccccc3)nc(SC(C)C(=O)Nc3ccc(C(=O)/C=C/c4cccs4)cc3)c2C#N)cc1. The number of nitriles is 1. The van der Waals surface area contributed by atoms with E-state index in [0.717, 1.165) is 21.6 Å². The molecule has 2 aromatic heterocycles. The molecule has 1 N–H and O–H groups in total. The second-order valence-corrected chi connectivity index (χ2v) is 11.8. The predicted octanol–water partition coefficient (Wildman–Crippen LogP) is 8.37. The number of carbonyl (C=O) groups excluding carboxylic acids is 2. The van der Waals surface area contributed by atoms with Crippen molar-refractivity contribution in [3.63, 3.8) is 0 Å². The number of methoxy groups -OCH3 is 1. The molecule has 0 saturated carbocycles. The minimum absolute atomic E-state index is 0.115. The summed E-state index contributed by atoms with van der Waals surface area (Å²) in [7, 11) is 1.61. The Morgan fingerprint density at radius 3 is 2.37 bits per heavy atom. The molecular weight excluding hydrogens is 575 g/mol. The molecule has 0 aliphatic rings. The first-order chi connectivity index (χ1) is 20.9. The maximum atomic E-state index is 13.2. The van der Waals surface area contributed by atoms with Crippen molar-refractivity contribution in [2.45, 2.75) is 17.2 Å². The molecule has 2 heterocycles. The first-order valence-corrected chi connectivity index (χ1v) is 15.2. The number of rotatable bonds is 10. The lowest BCUT2D eigenvalue weighted by molar-refractivity contribution is -0.115. The molecule has 0 saturated heterocycles. The summed E-state index contributed by atoms with van der Waals surface area (Å²) < 4.78 is 5.30. The van der Waals surface area contributed by atoms with Crippen molar-refractivity contribution in [3.05, 3.63) is 125 Å². The minimum Gasteiger partial charge on any atom is -0.497 e. The number of ketones is 1. The fraction of sp³-hybridized carbons (Fsp3) is 0.0857. The van der Waals surface area contributed by atoms with Crippen LogP contribution in [0.15, 0.2) is 114 Å². The zero-order valence-corrected chi connectivity index (χ0v) is 25.1. The molecule has 1 unspecified atom stereocenters. The van der Waals surface area contributed by atoms with Crippen LogP contribution in [-0.2, 0) is 4.79 Å². The van der Waals surface area contributed by atoms with Crippen LogP contribution >= 0.6 is 23.1 Å². The van der Waals surface area contributed by atoms with Gasteiger partial charge in [-0.15, -0.1) is 11.3 Å². The second kappa shape index (κ2) is 13.8. The number of hydrogen-bond donors (Lipinski definition) is 1.